The number of para-hydroxylation sites is 1. The van der Waals surface area contributed by atoms with Crippen LogP contribution in [0.3, 0.4) is 0 Å². The van der Waals surface area contributed by atoms with Gasteiger partial charge in [-0.3, -0.25) is 4.79 Å². The zero-order valence-electron chi connectivity index (χ0n) is 9.73. The van der Waals surface area contributed by atoms with Gasteiger partial charge in [-0.1, -0.05) is 18.2 Å². The molecule has 0 aromatic heterocycles. The molecule has 4 heteroatoms. The summed E-state index contributed by atoms with van der Waals surface area (Å²) in [5, 5.41) is 15.0. The number of benzene rings is 1. The van der Waals surface area contributed by atoms with E-state index in [1.165, 1.54) is 0 Å². The van der Waals surface area contributed by atoms with Crippen molar-refractivity contribution in [2.24, 2.45) is 5.92 Å². The maximum atomic E-state index is 11.5. The summed E-state index contributed by atoms with van der Waals surface area (Å²) in [6.07, 6.45) is 1.47. The van der Waals surface area contributed by atoms with Crippen molar-refractivity contribution in [3.63, 3.8) is 0 Å². The van der Waals surface area contributed by atoms with Crippen LogP contribution in [0.2, 0.25) is 0 Å². The monoisotopic (exact) mass is 234 g/mol. The maximum Gasteiger partial charge on any atom is 0.239 e. The minimum absolute atomic E-state index is 0.00440. The fourth-order valence-electron chi connectivity index (χ4n) is 1.93. The second kappa shape index (κ2) is 5.68. The highest BCUT2D eigenvalue weighted by atomic mass is 16.3. The van der Waals surface area contributed by atoms with Crippen LogP contribution in [-0.4, -0.2) is 30.2 Å². The number of aliphatic hydroxyl groups excluding tert-OH is 1. The number of aliphatic hydroxyl groups is 1. The Balaban J connectivity index is 1.61. The third-order valence-electron chi connectivity index (χ3n) is 3.03. The molecule has 0 bridgehead atoms. The minimum Gasteiger partial charge on any atom is -0.393 e. The molecular formula is C13H18N2O2. The Morgan fingerprint density at radius 2 is 2.00 bits per heavy atom. The number of carbonyl (C=O) groups excluding carboxylic acids is 1. The third-order valence-corrected chi connectivity index (χ3v) is 3.03. The summed E-state index contributed by atoms with van der Waals surface area (Å²) in [4.78, 5) is 11.5. The van der Waals surface area contributed by atoms with Gasteiger partial charge in [0.15, 0.2) is 0 Å². The van der Waals surface area contributed by atoms with Crippen LogP contribution in [0.25, 0.3) is 0 Å². The molecule has 2 rings (SSSR count). The van der Waals surface area contributed by atoms with Gasteiger partial charge in [0.1, 0.15) is 0 Å². The van der Waals surface area contributed by atoms with Crippen molar-refractivity contribution in [2.75, 3.05) is 18.4 Å². The predicted molar refractivity (Wildman–Crippen MR) is 66.7 cm³/mol. The van der Waals surface area contributed by atoms with Crippen LogP contribution in [-0.2, 0) is 4.79 Å². The molecule has 1 aromatic rings. The van der Waals surface area contributed by atoms with E-state index in [1.807, 2.05) is 30.3 Å². The Kier molecular flexibility index (Phi) is 3.98. The maximum absolute atomic E-state index is 11.5. The van der Waals surface area contributed by atoms with Gasteiger partial charge in [0.25, 0.3) is 0 Å². The summed E-state index contributed by atoms with van der Waals surface area (Å²) < 4.78 is 0. The first-order valence-electron chi connectivity index (χ1n) is 5.97. The van der Waals surface area contributed by atoms with Gasteiger partial charge >= 0.3 is 0 Å². The second-order valence-corrected chi connectivity index (χ2v) is 4.51. The number of nitrogens with one attached hydrogen (secondary N) is 2. The highest BCUT2D eigenvalue weighted by Gasteiger charge is 2.26. The van der Waals surface area contributed by atoms with E-state index >= 15 is 0 Å². The summed E-state index contributed by atoms with van der Waals surface area (Å²) in [7, 11) is 0. The van der Waals surface area contributed by atoms with Gasteiger partial charge in [-0.15, -0.1) is 0 Å². The van der Waals surface area contributed by atoms with Gasteiger partial charge in [0.05, 0.1) is 12.6 Å². The van der Waals surface area contributed by atoms with Crippen LogP contribution in [0, 0.1) is 5.92 Å². The van der Waals surface area contributed by atoms with Gasteiger partial charge in [0, 0.05) is 12.2 Å². The third kappa shape index (κ3) is 3.75. The van der Waals surface area contributed by atoms with Crippen LogP contribution >= 0.6 is 0 Å². The Labute approximate surface area is 101 Å². The summed E-state index contributed by atoms with van der Waals surface area (Å²) in [5.41, 5.74) is 0.946. The molecule has 0 radical (unpaired) electrons. The fraction of sp³-hybridized carbons (Fsp3) is 0.462. The van der Waals surface area contributed by atoms with Crippen LogP contribution in [0.15, 0.2) is 30.3 Å². The largest absolute Gasteiger partial charge is 0.393 e. The lowest BCUT2D eigenvalue weighted by Crippen LogP contribution is -2.40. The molecule has 1 aromatic carbocycles. The van der Waals surface area contributed by atoms with Gasteiger partial charge in [-0.05, 0) is 30.9 Å². The van der Waals surface area contributed by atoms with Crippen molar-refractivity contribution >= 4 is 11.6 Å². The molecule has 1 aliphatic rings. The number of anilines is 1. The van der Waals surface area contributed by atoms with Crippen molar-refractivity contribution in [1.29, 1.82) is 0 Å². The quantitative estimate of drug-likeness (QED) is 0.712. The molecule has 3 N–H and O–H groups in total. The molecular weight excluding hydrogens is 216 g/mol. The lowest BCUT2D eigenvalue weighted by Gasteiger charge is -2.31. The molecule has 1 aliphatic carbocycles. The molecule has 0 aliphatic heterocycles. The highest BCUT2D eigenvalue weighted by Crippen LogP contribution is 2.25. The molecule has 17 heavy (non-hydrogen) atoms. The smallest absolute Gasteiger partial charge is 0.239 e. The SMILES string of the molecule is O=C(CNc1ccccc1)NCC1CC(O)C1. The number of amides is 1. The van der Waals surface area contributed by atoms with E-state index in [2.05, 4.69) is 10.6 Å². The van der Waals surface area contributed by atoms with E-state index in [4.69, 9.17) is 5.11 Å². The molecule has 1 saturated carbocycles. The second-order valence-electron chi connectivity index (χ2n) is 4.51. The van der Waals surface area contributed by atoms with Crippen LogP contribution in [0.4, 0.5) is 5.69 Å². The summed E-state index contributed by atoms with van der Waals surface area (Å²) >= 11 is 0. The van der Waals surface area contributed by atoms with E-state index in [-0.39, 0.29) is 12.0 Å². The first-order valence-corrected chi connectivity index (χ1v) is 5.97. The first-order chi connectivity index (χ1) is 8.24. The molecule has 0 heterocycles. The topological polar surface area (TPSA) is 61.4 Å². The number of hydrogen-bond donors (Lipinski definition) is 3. The van der Waals surface area contributed by atoms with Gasteiger partial charge in [-0.25, -0.2) is 0 Å². The highest BCUT2D eigenvalue weighted by molar-refractivity contribution is 5.80. The van der Waals surface area contributed by atoms with Crippen molar-refractivity contribution in [2.45, 2.75) is 18.9 Å². The zero-order chi connectivity index (χ0) is 12.1. The van der Waals surface area contributed by atoms with Crippen molar-refractivity contribution in [1.82, 2.24) is 5.32 Å². The summed E-state index contributed by atoms with van der Waals surface area (Å²) in [6, 6.07) is 9.64. The van der Waals surface area contributed by atoms with Crippen molar-refractivity contribution < 1.29 is 9.90 Å². The van der Waals surface area contributed by atoms with Gasteiger partial charge in [0.2, 0.25) is 5.91 Å². The number of carbonyl (C=O) groups is 1. The van der Waals surface area contributed by atoms with Gasteiger partial charge < -0.3 is 15.7 Å². The molecule has 0 saturated heterocycles. The van der Waals surface area contributed by atoms with Crippen LogP contribution in [0.5, 0.6) is 0 Å². The Bertz CT molecular complexity index is 361. The lowest BCUT2D eigenvalue weighted by atomic mass is 9.82. The molecule has 1 amide bonds. The minimum atomic E-state index is -0.153. The summed E-state index contributed by atoms with van der Waals surface area (Å²) in [5.74, 6) is 0.445. The average Bonchev–Trinajstić information content (AvgIpc) is 2.32. The molecule has 1 fully saturated rings. The fourth-order valence-corrected chi connectivity index (χ4v) is 1.93. The zero-order valence-corrected chi connectivity index (χ0v) is 9.73. The van der Waals surface area contributed by atoms with Crippen LogP contribution in [0.1, 0.15) is 12.8 Å². The molecule has 0 spiro atoms. The van der Waals surface area contributed by atoms with Crippen LogP contribution < -0.4 is 10.6 Å². The molecule has 4 nitrogen and oxygen atoms in total. The van der Waals surface area contributed by atoms with Crippen molar-refractivity contribution in [3.05, 3.63) is 30.3 Å². The van der Waals surface area contributed by atoms with Crippen molar-refractivity contribution in [3.8, 4) is 0 Å². The molecule has 0 unspecified atom stereocenters. The number of hydrogen-bond acceptors (Lipinski definition) is 3. The Morgan fingerprint density at radius 1 is 1.29 bits per heavy atom. The molecule has 0 atom stereocenters. The van der Waals surface area contributed by atoms with E-state index in [0.717, 1.165) is 18.5 Å². The summed E-state index contributed by atoms with van der Waals surface area (Å²) in [6.45, 7) is 0.964. The number of rotatable bonds is 5. The first kappa shape index (κ1) is 11.9. The Hall–Kier alpha value is -1.55. The lowest BCUT2D eigenvalue weighted by molar-refractivity contribution is -0.120. The van der Waals surface area contributed by atoms with E-state index in [9.17, 15) is 4.79 Å². The Morgan fingerprint density at radius 3 is 2.65 bits per heavy atom. The van der Waals surface area contributed by atoms with E-state index in [0.29, 0.717) is 19.0 Å². The van der Waals surface area contributed by atoms with E-state index in [1.54, 1.807) is 0 Å². The molecule has 92 valence electrons. The van der Waals surface area contributed by atoms with E-state index < -0.39 is 0 Å². The van der Waals surface area contributed by atoms with Gasteiger partial charge in [-0.2, -0.15) is 0 Å². The predicted octanol–water partition coefficient (Wildman–Crippen LogP) is 0.986. The standard InChI is InChI=1S/C13H18N2O2/c16-12-6-10(7-12)8-15-13(17)9-14-11-4-2-1-3-5-11/h1-5,10,12,14,16H,6-9H2,(H,15,17). The normalized spacial score (nSPS) is 22.6. The average molecular weight is 234 g/mol.